The number of carbonyl (C=O) groups excluding carboxylic acids is 2. The van der Waals surface area contributed by atoms with Gasteiger partial charge in [0.2, 0.25) is 11.8 Å². The monoisotopic (exact) mass is 463 g/mol. The molecule has 2 aliphatic heterocycles. The summed E-state index contributed by atoms with van der Waals surface area (Å²) in [5.74, 6) is 0.143. The van der Waals surface area contributed by atoms with Gasteiger partial charge in [-0.2, -0.15) is 0 Å². The Morgan fingerprint density at radius 1 is 1.06 bits per heavy atom. The molecule has 0 spiro atoms. The third kappa shape index (κ3) is 4.99. The quantitative estimate of drug-likeness (QED) is 0.683. The number of nitrogens with one attached hydrogen (secondary N) is 1. The highest BCUT2D eigenvalue weighted by molar-refractivity contribution is 5.90. The van der Waals surface area contributed by atoms with Crippen LogP contribution in [0.15, 0.2) is 48.9 Å². The van der Waals surface area contributed by atoms with Gasteiger partial charge in [-0.3, -0.25) is 19.6 Å². The number of hydrogen-bond donors (Lipinski definition) is 1. The van der Waals surface area contributed by atoms with Crippen LogP contribution in [-0.2, 0) is 21.4 Å². The lowest BCUT2D eigenvalue weighted by Gasteiger charge is -2.47. The number of nitrogens with zero attached hydrogens (tertiary/aromatic N) is 4. The third-order valence-corrected chi connectivity index (χ3v) is 7.66. The average Bonchev–Trinajstić information content (AvgIpc) is 2.89. The highest BCUT2D eigenvalue weighted by atomic mass is 16.2. The third-order valence-electron chi connectivity index (χ3n) is 7.66. The fraction of sp³-hybridized carbons (Fsp3) is 0.556. The van der Waals surface area contributed by atoms with E-state index in [1.165, 1.54) is 5.56 Å². The zero-order valence-corrected chi connectivity index (χ0v) is 20.5. The first-order chi connectivity index (χ1) is 16.5. The van der Waals surface area contributed by atoms with Crippen molar-refractivity contribution in [2.75, 3.05) is 40.3 Å². The molecule has 2 atom stereocenters. The SMILES string of the molecule is CNC(=O)[C@@]1(c2ccccn2)CCCN(C(=O)[C@]2(CCCc3cccnc3)CCCN(C)C2)C1. The van der Waals surface area contributed by atoms with Crippen LogP contribution in [-0.4, -0.2) is 71.9 Å². The van der Waals surface area contributed by atoms with E-state index in [-0.39, 0.29) is 11.8 Å². The second-order valence-electron chi connectivity index (χ2n) is 10.0. The molecule has 2 aromatic rings. The van der Waals surface area contributed by atoms with E-state index in [9.17, 15) is 9.59 Å². The zero-order chi connectivity index (χ0) is 24.0. The molecule has 2 saturated heterocycles. The molecule has 0 radical (unpaired) electrons. The lowest BCUT2D eigenvalue weighted by atomic mass is 9.71. The molecule has 7 nitrogen and oxygen atoms in total. The Balaban J connectivity index is 1.57. The van der Waals surface area contributed by atoms with E-state index in [2.05, 4.69) is 33.3 Å². The van der Waals surface area contributed by atoms with Crippen LogP contribution in [0.25, 0.3) is 0 Å². The molecule has 0 unspecified atom stereocenters. The summed E-state index contributed by atoms with van der Waals surface area (Å²) in [6, 6.07) is 9.77. The topological polar surface area (TPSA) is 78.4 Å². The van der Waals surface area contributed by atoms with E-state index in [0.29, 0.717) is 19.5 Å². The molecule has 0 aliphatic carbocycles. The molecule has 34 heavy (non-hydrogen) atoms. The van der Waals surface area contributed by atoms with E-state index in [0.717, 1.165) is 57.3 Å². The second-order valence-corrected chi connectivity index (χ2v) is 10.0. The molecule has 1 N–H and O–H groups in total. The number of amides is 2. The standard InChI is InChI=1S/C27H37N5O2/c1-28-24(33)27(23-11-3-4-16-30-23)14-8-18-32(21-27)25(34)26(13-7-17-31(2)20-26)12-5-9-22-10-6-15-29-19-22/h3-4,6,10-11,15-16,19H,5,7-9,12-14,17-18,20-21H2,1-2H3,(H,28,33)/t26-,27+/m1/s1. The van der Waals surface area contributed by atoms with Crippen LogP contribution >= 0.6 is 0 Å². The number of piperidine rings is 2. The van der Waals surface area contributed by atoms with Gasteiger partial charge in [-0.15, -0.1) is 0 Å². The molecule has 0 aromatic carbocycles. The summed E-state index contributed by atoms with van der Waals surface area (Å²) >= 11 is 0. The molecule has 2 aromatic heterocycles. The summed E-state index contributed by atoms with van der Waals surface area (Å²) in [7, 11) is 3.78. The first-order valence-corrected chi connectivity index (χ1v) is 12.5. The number of likely N-dealkylation sites (N-methyl/N-ethyl adjacent to an activating group) is 1. The van der Waals surface area contributed by atoms with Crippen LogP contribution < -0.4 is 5.32 Å². The number of carbonyl (C=O) groups is 2. The van der Waals surface area contributed by atoms with Crippen molar-refractivity contribution in [2.24, 2.45) is 5.41 Å². The van der Waals surface area contributed by atoms with Gasteiger partial charge < -0.3 is 15.1 Å². The van der Waals surface area contributed by atoms with Gasteiger partial charge in [0.1, 0.15) is 5.41 Å². The smallest absolute Gasteiger partial charge is 0.233 e. The van der Waals surface area contributed by atoms with E-state index in [1.807, 2.05) is 35.4 Å². The largest absolute Gasteiger partial charge is 0.358 e. The zero-order valence-electron chi connectivity index (χ0n) is 20.5. The normalized spacial score (nSPS) is 25.6. The van der Waals surface area contributed by atoms with Gasteiger partial charge in [-0.1, -0.05) is 12.1 Å². The van der Waals surface area contributed by atoms with Crippen molar-refractivity contribution in [3.05, 3.63) is 60.2 Å². The molecule has 2 aliphatic rings. The number of aryl methyl sites for hydroxylation is 1. The number of pyridine rings is 2. The highest BCUT2D eigenvalue weighted by Crippen LogP contribution is 2.40. The van der Waals surface area contributed by atoms with Crippen LogP contribution in [0.4, 0.5) is 0 Å². The van der Waals surface area contributed by atoms with Crippen molar-refractivity contribution in [1.82, 2.24) is 25.1 Å². The first kappa shape index (κ1) is 24.3. The van der Waals surface area contributed by atoms with Crippen molar-refractivity contribution in [3.8, 4) is 0 Å². The molecule has 7 heteroatoms. The number of rotatable bonds is 7. The van der Waals surface area contributed by atoms with Gasteiger partial charge in [-0.25, -0.2) is 0 Å². The predicted molar refractivity (Wildman–Crippen MR) is 132 cm³/mol. The minimum atomic E-state index is -0.804. The van der Waals surface area contributed by atoms with Gasteiger partial charge in [0, 0.05) is 45.3 Å². The Morgan fingerprint density at radius 3 is 2.62 bits per heavy atom. The maximum atomic E-state index is 14.2. The maximum absolute atomic E-state index is 14.2. The minimum absolute atomic E-state index is 0.0601. The van der Waals surface area contributed by atoms with Gasteiger partial charge in [-0.05, 0) is 82.3 Å². The lowest BCUT2D eigenvalue weighted by molar-refractivity contribution is -0.150. The van der Waals surface area contributed by atoms with Gasteiger partial charge in [0.05, 0.1) is 11.1 Å². The van der Waals surface area contributed by atoms with E-state index in [4.69, 9.17) is 0 Å². The van der Waals surface area contributed by atoms with E-state index >= 15 is 0 Å². The average molecular weight is 464 g/mol. The minimum Gasteiger partial charge on any atom is -0.358 e. The number of likely N-dealkylation sites (tertiary alicyclic amines) is 2. The molecular weight excluding hydrogens is 426 g/mol. The van der Waals surface area contributed by atoms with E-state index in [1.54, 1.807) is 19.4 Å². The Bertz CT molecular complexity index is 970. The summed E-state index contributed by atoms with van der Waals surface area (Å²) in [5.41, 5.74) is 0.742. The molecule has 182 valence electrons. The predicted octanol–water partition coefficient (Wildman–Crippen LogP) is 2.82. The Labute approximate surface area is 203 Å². The maximum Gasteiger partial charge on any atom is 0.233 e. The Hall–Kier alpha value is -2.80. The number of hydrogen-bond acceptors (Lipinski definition) is 5. The van der Waals surface area contributed by atoms with Crippen LogP contribution in [0, 0.1) is 5.41 Å². The Morgan fingerprint density at radius 2 is 1.91 bits per heavy atom. The molecule has 0 saturated carbocycles. The highest BCUT2D eigenvalue weighted by Gasteiger charge is 2.50. The molecule has 2 fully saturated rings. The lowest BCUT2D eigenvalue weighted by Crippen LogP contribution is -2.60. The first-order valence-electron chi connectivity index (χ1n) is 12.5. The van der Waals surface area contributed by atoms with Crippen molar-refractivity contribution >= 4 is 11.8 Å². The van der Waals surface area contributed by atoms with Crippen LogP contribution in [0.1, 0.15) is 49.8 Å². The van der Waals surface area contributed by atoms with Crippen molar-refractivity contribution in [2.45, 2.75) is 50.4 Å². The van der Waals surface area contributed by atoms with Gasteiger partial charge in [0.15, 0.2) is 0 Å². The van der Waals surface area contributed by atoms with Crippen LogP contribution in [0.2, 0.25) is 0 Å². The van der Waals surface area contributed by atoms with Crippen molar-refractivity contribution in [1.29, 1.82) is 0 Å². The van der Waals surface area contributed by atoms with Crippen molar-refractivity contribution < 1.29 is 9.59 Å². The molecular formula is C27H37N5O2. The van der Waals surface area contributed by atoms with Crippen LogP contribution in [0.5, 0.6) is 0 Å². The molecule has 4 heterocycles. The molecule has 2 amide bonds. The summed E-state index contributed by atoms with van der Waals surface area (Å²) in [6.45, 7) is 2.87. The summed E-state index contributed by atoms with van der Waals surface area (Å²) < 4.78 is 0. The summed E-state index contributed by atoms with van der Waals surface area (Å²) in [6.07, 6.45) is 11.5. The fourth-order valence-electron chi connectivity index (χ4n) is 5.98. The van der Waals surface area contributed by atoms with Gasteiger partial charge >= 0.3 is 0 Å². The summed E-state index contributed by atoms with van der Waals surface area (Å²) in [5, 5.41) is 2.85. The molecule has 4 rings (SSSR count). The van der Waals surface area contributed by atoms with Gasteiger partial charge in [0.25, 0.3) is 0 Å². The Kier molecular flexibility index (Phi) is 7.61. The van der Waals surface area contributed by atoms with E-state index < -0.39 is 10.8 Å². The number of aromatic nitrogens is 2. The van der Waals surface area contributed by atoms with Crippen LogP contribution in [0.3, 0.4) is 0 Å². The summed E-state index contributed by atoms with van der Waals surface area (Å²) in [4.78, 5) is 40.5. The second kappa shape index (κ2) is 10.6. The van der Waals surface area contributed by atoms with Crippen molar-refractivity contribution in [3.63, 3.8) is 0 Å². The fourth-order valence-corrected chi connectivity index (χ4v) is 5.98. The molecule has 0 bridgehead atoms.